The molecule has 2 rings (SSSR count). The quantitative estimate of drug-likeness (QED) is 0.782. The minimum atomic E-state index is -0.193. The molecular formula is C10H8BrNO2S2. The molecule has 6 heteroatoms. The Hall–Kier alpha value is -0.590. The Balaban J connectivity index is 2.27. The smallest absolute Gasteiger partial charge is 0.269 e. The number of thiophene rings is 1. The molecule has 1 aromatic rings. The number of carbonyl (C=O) groups excluding carboxylic acids is 2. The van der Waals surface area contributed by atoms with Gasteiger partial charge in [-0.05, 0) is 46.8 Å². The SMILES string of the molecule is CCN1C(=O)S/C(=C/c2cc(Br)cs2)C1=O. The molecule has 0 saturated carbocycles. The maximum absolute atomic E-state index is 11.8. The fraction of sp³-hybridized carbons (Fsp3) is 0.200. The molecule has 84 valence electrons. The zero-order chi connectivity index (χ0) is 11.7. The predicted molar refractivity (Wildman–Crippen MR) is 70.4 cm³/mol. The maximum atomic E-state index is 11.8. The van der Waals surface area contributed by atoms with E-state index in [-0.39, 0.29) is 11.1 Å². The molecule has 0 aliphatic carbocycles. The first-order chi connectivity index (χ1) is 7.61. The molecule has 2 heterocycles. The topological polar surface area (TPSA) is 37.4 Å². The maximum Gasteiger partial charge on any atom is 0.293 e. The average molecular weight is 318 g/mol. The van der Waals surface area contributed by atoms with E-state index in [1.807, 2.05) is 11.4 Å². The summed E-state index contributed by atoms with van der Waals surface area (Å²) in [5.74, 6) is -0.193. The lowest BCUT2D eigenvalue weighted by atomic mass is 10.4. The molecule has 0 N–H and O–H groups in total. The summed E-state index contributed by atoms with van der Waals surface area (Å²) >= 11 is 5.88. The molecule has 0 radical (unpaired) electrons. The van der Waals surface area contributed by atoms with Gasteiger partial charge in [-0.25, -0.2) is 0 Å². The van der Waals surface area contributed by atoms with Gasteiger partial charge in [0.25, 0.3) is 11.1 Å². The van der Waals surface area contributed by atoms with Crippen LogP contribution in [-0.2, 0) is 4.79 Å². The molecule has 1 aromatic heterocycles. The van der Waals surface area contributed by atoms with E-state index >= 15 is 0 Å². The molecule has 1 aliphatic heterocycles. The fourth-order valence-corrected chi connectivity index (χ4v) is 3.65. The number of hydrogen-bond donors (Lipinski definition) is 0. The lowest BCUT2D eigenvalue weighted by Crippen LogP contribution is -2.27. The second-order valence-electron chi connectivity index (χ2n) is 3.09. The van der Waals surface area contributed by atoms with Crippen molar-refractivity contribution in [3.05, 3.63) is 25.7 Å². The standard InChI is InChI=1S/C10H8BrNO2S2/c1-2-12-9(13)8(16-10(12)14)4-7-3-6(11)5-15-7/h3-5H,2H2,1H3/b8-4+. The fourth-order valence-electron chi connectivity index (χ4n) is 1.31. The zero-order valence-electron chi connectivity index (χ0n) is 8.40. The van der Waals surface area contributed by atoms with Crippen LogP contribution in [0.25, 0.3) is 6.08 Å². The van der Waals surface area contributed by atoms with Crippen molar-refractivity contribution in [3.63, 3.8) is 0 Å². The summed E-state index contributed by atoms with van der Waals surface area (Å²) in [6.07, 6.45) is 1.76. The van der Waals surface area contributed by atoms with E-state index in [9.17, 15) is 9.59 Å². The highest BCUT2D eigenvalue weighted by Crippen LogP contribution is 2.33. The third-order valence-corrected chi connectivity index (χ3v) is 4.60. The Morgan fingerprint density at radius 2 is 2.25 bits per heavy atom. The van der Waals surface area contributed by atoms with Gasteiger partial charge in [-0.2, -0.15) is 0 Å². The van der Waals surface area contributed by atoms with Gasteiger partial charge in [-0.3, -0.25) is 14.5 Å². The molecule has 0 unspecified atom stereocenters. The second kappa shape index (κ2) is 4.73. The van der Waals surface area contributed by atoms with Gasteiger partial charge in [-0.1, -0.05) is 0 Å². The highest BCUT2D eigenvalue weighted by molar-refractivity contribution is 9.10. The summed E-state index contributed by atoms with van der Waals surface area (Å²) in [6, 6.07) is 1.92. The molecule has 1 saturated heterocycles. The van der Waals surface area contributed by atoms with Crippen molar-refractivity contribution in [1.29, 1.82) is 0 Å². The van der Waals surface area contributed by atoms with Crippen LogP contribution in [0.2, 0.25) is 0 Å². The number of carbonyl (C=O) groups is 2. The normalized spacial score (nSPS) is 18.9. The van der Waals surface area contributed by atoms with Gasteiger partial charge in [0.2, 0.25) is 0 Å². The second-order valence-corrected chi connectivity index (χ2v) is 5.94. The van der Waals surface area contributed by atoms with E-state index in [1.54, 1.807) is 13.0 Å². The Bertz CT molecular complexity index is 481. The van der Waals surface area contributed by atoms with Crippen LogP contribution < -0.4 is 0 Å². The van der Waals surface area contributed by atoms with E-state index in [0.717, 1.165) is 21.1 Å². The molecule has 2 amide bonds. The third kappa shape index (κ3) is 2.23. The van der Waals surface area contributed by atoms with Crippen LogP contribution in [0.15, 0.2) is 20.8 Å². The zero-order valence-corrected chi connectivity index (χ0v) is 11.6. The van der Waals surface area contributed by atoms with Gasteiger partial charge < -0.3 is 0 Å². The van der Waals surface area contributed by atoms with E-state index in [0.29, 0.717) is 11.4 Å². The predicted octanol–water partition coefficient (Wildman–Crippen LogP) is 3.57. The molecule has 0 bridgehead atoms. The Morgan fingerprint density at radius 3 is 2.75 bits per heavy atom. The lowest BCUT2D eigenvalue weighted by Gasteiger charge is -2.06. The van der Waals surface area contributed by atoms with Gasteiger partial charge >= 0.3 is 0 Å². The van der Waals surface area contributed by atoms with Crippen LogP contribution in [0.3, 0.4) is 0 Å². The first-order valence-electron chi connectivity index (χ1n) is 4.61. The minimum Gasteiger partial charge on any atom is -0.269 e. The highest BCUT2D eigenvalue weighted by atomic mass is 79.9. The molecule has 0 aromatic carbocycles. The molecular weight excluding hydrogens is 310 g/mol. The first kappa shape index (κ1) is 11.9. The van der Waals surface area contributed by atoms with Gasteiger partial charge in [0.1, 0.15) is 0 Å². The van der Waals surface area contributed by atoms with Crippen molar-refractivity contribution in [1.82, 2.24) is 4.90 Å². The monoisotopic (exact) mass is 317 g/mol. The van der Waals surface area contributed by atoms with Crippen LogP contribution >= 0.6 is 39.0 Å². The van der Waals surface area contributed by atoms with E-state index < -0.39 is 0 Å². The summed E-state index contributed by atoms with van der Waals surface area (Å²) in [5.41, 5.74) is 0. The number of halogens is 1. The number of imide groups is 1. The van der Waals surface area contributed by atoms with E-state index in [2.05, 4.69) is 15.9 Å². The number of thioether (sulfide) groups is 1. The van der Waals surface area contributed by atoms with E-state index in [4.69, 9.17) is 0 Å². The average Bonchev–Trinajstić information content (AvgIpc) is 2.74. The molecule has 16 heavy (non-hydrogen) atoms. The molecule has 0 atom stereocenters. The van der Waals surface area contributed by atoms with Crippen molar-refractivity contribution in [2.45, 2.75) is 6.92 Å². The lowest BCUT2D eigenvalue weighted by molar-refractivity contribution is -0.122. The van der Waals surface area contributed by atoms with E-state index in [1.165, 1.54) is 16.2 Å². The summed E-state index contributed by atoms with van der Waals surface area (Å²) in [5, 5.41) is 1.75. The van der Waals surface area contributed by atoms with Crippen molar-refractivity contribution in [3.8, 4) is 0 Å². The van der Waals surface area contributed by atoms with Gasteiger partial charge in [0.05, 0.1) is 4.91 Å². The van der Waals surface area contributed by atoms with Crippen LogP contribution in [0.1, 0.15) is 11.8 Å². The molecule has 3 nitrogen and oxygen atoms in total. The van der Waals surface area contributed by atoms with Gasteiger partial charge in [0, 0.05) is 21.3 Å². The number of amides is 2. The number of rotatable bonds is 2. The third-order valence-electron chi connectivity index (χ3n) is 2.05. The van der Waals surface area contributed by atoms with Gasteiger partial charge in [-0.15, -0.1) is 11.3 Å². The molecule has 1 fully saturated rings. The van der Waals surface area contributed by atoms with Crippen molar-refractivity contribution >= 4 is 56.3 Å². The highest BCUT2D eigenvalue weighted by Gasteiger charge is 2.33. The first-order valence-corrected chi connectivity index (χ1v) is 7.10. The van der Waals surface area contributed by atoms with Crippen LogP contribution in [0.4, 0.5) is 4.79 Å². The number of nitrogens with zero attached hydrogens (tertiary/aromatic N) is 1. The summed E-state index contributed by atoms with van der Waals surface area (Å²) in [4.78, 5) is 25.9. The summed E-state index contributed by atoms with van der Waals surface area (Å²) < 4.78 is 0.985. The van der Waals surface area contributed by atoms with Gasteiger partial charge in [0.15, 0.2) is 0 Å². The largest absolute Gasteiger partial charge is 0.293 e. The van der Waals surface area contributed by atoms with Crippen LogP contribution in [0, 0.1) is 0 Å². The van der Waals surface area contributed by atoms with Crippen molar-refractivity contribution < 1.29 is 9.59 Å². The van der Waals surface area contributed by atoms with Crippen molar-refractivity contribution in [2.75, 3.05) is 6.54 Å². The Morgan fingerprint density at radius 1 is 1.50 bits per heavy atom. The minimum absolute atomic E-state index is 0.186. The Kier molecular flexibility index (Phi) is 3.51. The van der Waals surface area contributed by atoms with Crippen molar-refractivity contribution in [2.24, 2.45) is 0 Å². The summed E-state index contributed by atoms with van der Waals surface area (Å²) in [6.45, 7) is 2.22. The molecule has 1 aliphatic rings. The number of likely N-dealkylation sites (N-methyl/N-ethyl adjacent to an activating group) is 1. The number of hydrogen-bond acceptors (Lipinski definition) is 4. The summed E-state index contributed by atoms with van der Waals surface area (Å²) in [7, 11) is 0. The van der Waals surface area contributed by atoms with Crippen LogP contribution in [-0.4, -0.2) is 22.6 Å². The van der Waals surface area contributed by atoms with Crippen LogP contribution in [0.5, 0.6) is 0 Å². The molecule has 0 spiro atoms. The Labute approximate surface area is 110 Å².